The first-order valence-corrected chi connectivity index (χ1v) is 6.72. The van der Waals surface area contributed by atoms with Crippen LogP contribution in [-0.2, 0) is 6.54 Å². The molecular formula is C12H9ClN2O4S. The van der Waals surface area contributed by atoms with Crippen molar-refractivity contribution in [2.45, 2.75) is 6.54 Å². The molecule has 104 valence electrons. The van der Waals surface area contributed by atoms with Gasteiger partial charge in [0.15, 0.2) is 0 Å². The molecular weight excluding hydrogens is 304 g/mol. The molecule has 0 atom stereocenters. The molecule has 0 fully saturated rings. The van der Waals surface area contributed by atoms with E-state index in [2.05, 4.69) is 5.32 Å². The number of carboxylic acids is 1. The molecule has 0 saturated heterocycles. The zero-order chi connectivity index (χ0) is 14.7. The number of rotatable bonds is 5. The van der Waals surface area contributed by atoms with E-state index in [-0.39, 0.29) is 22.0 Å². The maximum atomic E-state index is 11.2. The number of nitro benzene ring substituents is 1. The summed E-state index contributed by atoms with van der Waals surface area (Å²) >= 11 is 7.45. The molecule has 20 heavy (non-hydrogen) atoms. The number of halogens is 1. The van der Waals surface area contributed by atoms with Crippen molar-refractivity contribution in [1.82, 2.24) is 0 Å². The highest BCUT2D eigenvalue weighted by atomic mass is 35.5. The normalized spacial score (nSPS) is 10.2. The molecule has 0 aliphatic heterocycles. The summed E-state index contributed by atoms with van der Waals surface area (Å²) in [5.74, 6) is -1.27. The van der Waals surface area contributed by atoms with E-state index in [4.69, 9.17) is 16.7 Å². The summed E-state index contributed by atoms with van der Waals surface area (Å²) in [6, 6.07) is 5.88. The number of anilines is 1. The van der Waals surface area contributed by atoms with E-state index in [9.17, 15) is 14.9 Å². The number of nitro groups is 1. The number of hydrogen-bond donors (Lipinski definition) is 2. The van der Waals surface area contributed by atoms with Gasteiger partial charge >= 0.3 is 5.97 Å². The minimum Gasteiger partial charge on any atom is -0.478 e. The van der Waals surface area contributed by atoms with Crippen LogP contribution in [0.2, 0.25) is 5.02 Å². The molecule has 0 spiro atoms. The van der Waals surface area contributed by atoms with Gasteiger partial charge in [0, 0.05) is 23.6 Å². The number of non-ortho nitro benzene ring substituents is 1. The Morgan fingerprint density at radius 1 is 1.50 bits per heavy atom. The van der Waals surface area contributed by atoms with Gasteiger partial charge < -0.3 is 10.4 Å². The van der Waals surface area contributed by atoms with Crippen LogP contribution < -0.4 is 5.32 Å². The zero-order valence-electron chi connectivity index (χ0n) is 10.00. The molecule has 1 heterocycles. The third-order valence-electron chi connectivity index (χ3n) is 2.54. The minimum atomic E-state index is -1.27. The topological polar surface area (TPSA) is 92.5 Å². The number of nitrogens with one attached hydrogen (secondary N) is 1. The number of carbonyl (C=O) groups is 1. The zero-order valence-corrected chi connectivity index (χ0v) is 11.6. The molecule has 0 amide bonds. The Bertz CT molecular complexity index is 658. The van der Waals surface area contributed by atoms with Gasteiger partial charge in [0.1, 0.15) is 0 Å². The number of benzene rings is 1. The first-order valence-electron chi connectivity index (χ1n) is 5.46. The number of aromatic carboxylic acids is 1. The Labute approximate surface area is 122 Å². The largest absolute Gasteiger partial charge is 0.478 e. The number of nitrogens with zero attached hydrogens (tertiary/aromatic N) is 1. The summed E-state index contributed by atoms with van der Waals surface area (Å²) in [4.78, 5) is 22.2. The summed E-state index contributed by atoms with van der Waals surface area (Å²) in [6.45, 7) is 0.398. The van der Waals surface area contributed by atoms with Gasteiger partial charge in [0.25, 0.3) is 5.69 Å². The van der Waals surface area contributed by atoms with Crippen LogP contribution in [0.5, 0.6) is 0 Å². The summed E-state index contributed by atoms with van der Waals surface area (Å²) in [5, 5.41) is 24.7. The second-order valence-corrected chi connectivity index (χ2v) is 5.28. The van der Waals surface area contributed by atoms with Crippen LogP contribution >= 0.6 is 22.9 Å². The predicted molar refractivity (Wildman–Crippen MR) is 76.7 cm³/mol. The second kappa shape index (κ2) is 5.89. The highest BCUT2D eigenvalue weighted by molar-refractivity contribution is 7.09. The van der Waals surface area contributed by atoms with Crippen LogP contribution in [0.25, 0.3) is 0 Å². The van der Waals surface area contributed by atoms with Crippen molar-refractivity contribution in [2.75, 3.05) is 5.32 Å². The predicted octanol–water partition coefficient (Wildman–Crippen LogP) is 3.62. The SMILES string of the molecule is O=C(O)c1cc([N+](=O)[O-])cc(Cl)c1NCc1cccs1. The van der Waals surface area contributed by atoms with E-state index in [0.717, 1.165) is 17.0 Å². The maximum Gasteiger partial charge on any atom is 0.338 e. The van der Waals surface area contributed by atoms with Gasteiger partial charge in [-0.05, 0) is 11.4 Å². The minimum absolute atomic E-state index is 0.00755. The molecule has 6 nitrogen and oxygen atoms in total. The van der Waals surface area contributed by atoms with Crippen molar-refractivity contribution < 1.29 is 14.8 Å². The highest BCUT2D eigenvalue weighted by Crippen LogP contribution is 2.32. The third-order valence-corrected chi connectivity index (χ3v) is 3.71. The molecule has 0 unspecified atom stereocenters. The van der Waals surface area contributed by atoms with E-state index in [0.29, 0.717) is 6.54 Å². The maximum absolute atomic E-state index is 11.2. The monoisotopic (exact) mass is 312 g/mol. The van der Waals surface area contributed by atoms with Gasteiger partial charge in [-0.1, -0.05) is 17.7 Å². The van der Waals surface area contributed by atoms with Gasteiger partial charge in [0.05, 0.1) is 21.2 Å². The van der Waals surface area contributed by atoms with Crippen molar-refractivity contribution >= 4 is 40.3 Å². The lowest BCUT2D eigenvalue weighted by atomic mass is 10.1. The average Bonchev–Trinajstić information content (AvgIpc) is 2.89. The van der Waals surface area contributed by atoms with Crippen molar-refractivity contribution in [3.05, 3.63) is 55.2 Å². The molecule has 0 aliphatic carbocycles. The van der Waals surface area contributed by atoms with Crippen LogP contribution in [0.1, 0.15) is 15.2 Å². The van der Waals surface area contributed by atoms with Crippen molar-refractivity contribution in [3.63, 3.8) is 0 Å². The highest BCUT2D eigenvalue weighted by Gasteiger charge is 2.20. The van der Waals surface area contributed by atoms with Crippen LogP contribution in [0, 0.1) is 10.1 Å². The molecule has 0 bridgehead atoms. The number of thiophene rings is 1. The van der Waals surface area contributed by atoms with Crippen molar-refractivity contribution in [2.24, 2.45) is 0 Å². The van der Waals surface area contributed by atoms with Gasteiger partial charge in [-0.3, -0.25) is 10.1 Å². The Balaban J connectivity index is 2.35. The standard InChI is InChI=1S/C12H9ClN2O4S/c13-10-5-7(15(18)19)4-9(12(16)17)11(10)14-6-8-2-1-3-20-8/h1-5,14H,6H2,(H,16,17). The first kappa shape index (κ1) is 14.3. The van der Waals surface area contributed by atoms with Gasteiger partial charge in [-0.25, -0.2) is 4.79 Å². The second-order valence-electron chi connectivity index (χ2n) is 3.85. The number of carboxylic acid groups (broad SMARTS) is 1. The Kier molecular flexibility index (Phi) is 4.21. The van der Waals surface area contributed by atoms with E-state index in [1.54, 1.807) is 0 Å². The molecule has 2 rings (SSSR count). The van der Waals surface area contributed by atoms with E-state index >= 15 is 0 Å². The molecule has 0 aliphatic rings. The van der Waals surface area contributed by atoms with Crippen LogP contribution in [0.3, 0.4) is 0 Å². The lowest BCUT2D eigenvalue weighted by molar-refractivity contribution is -0.384. The van der Waals surface area contributed by atoms with Crippen LogP contribution in [0.4, 0.5) is 11.4 Å². The molecule has 1 aromatic heterocycles. The van der Waals surface area contributed by atoms with Gasteiger partial charge in [-0.15, -0.1) is 11.3 Å². The quantitative estimate of drug-likeness (QED) is 0.649. The fourth-order valence-electron chi connectivity index (χ4n) is 1.63. The summed E-state index contributed by atoms with van der Waals surface area (Å²) in [5.41, 5.74) is -0.395. The fraction of sp³-hybridized carbons (Fsp3) is 0.0833. The molecule has 2 aromatic rings. The lowest BCUT2D eigenvalue weighted by Crippen LogP contribution is -2.07. The Morgan fingerprint density at radius 3 is 2.80 bits per heavy atom. The van der Waals surface area contributed by atoms with Crippen LogP contribution in [-0.4, -0.2) is 16.0 Å². The van der Waals surface area contributed by atoms with Gasteiger partial charge in [0.2, 0.25) is 0 Å². The molecule has 2 N–H and O–H groups in total. The average molecular weight is 313 g/mol. The van der Waals surface area contributed by atoms with Gasteiger partial charge in [-0.2, -0.15) is 0 Å². The summed E-state index contributed by atoms with van der Waals surface area (Å²) < 4.78 is 0. The van der Waals surface area contributed by atoms with E-state index in [1.165, 1.54) is 11.3 Å². The van der Waals surface area contributed by atoms with E-state index < -0.39 is 10.9 Å². The third kappa shape index (κ3) is 3.06. The number of hydrogen-bond acceptors (Lipinski definition) is 5. The van der Waals surface area contributed by atoms with Crippen molar-refractivity contribution in [3.8, 4) is 0 Å². The smallest absolute Gasteiger partial charge is 0.338 e. The molecule has 0 radical (unpaired) electrons. The Hall–Kier alpha value is -2.12. The van der Waals surface area contributed by atoms with Crippen molar-refractivity contribution in [1.29, 1.82) is 0 Å². The summed E-state index contributed by atoms with van der Waals surface area (Å²) in [6.07, 6.45) is 0. The van der Waals surface area contributed by atoms with E-state index in [1.807, 2.05) is 17.5 Å². The fourth-order valence-corrected chi connectivity index (χ4v) is 2.56. The lowest BCUT2D eigenvalue weighted by Gasteiger charge is -2.10. The summed E-state index contributed by atoms with van der Waals surface area (Å²) in [7, 11) is 0. The molecule has 1 aromatic carbocycles. The Morgan fingerprint density at radius 2 is 2.25 bits per heavy atom. The first-order chi connectivity index (χ1) is 9.49. The molecule has 8 heteroatoms. The molecule has 0 saturated carbocycles. The van der Waals surface area contributed by atoms with Crippen LogP contribution in [0.15, 0.2) is 29.6 Å².